The van der Waals surface area contributed by atoms with Crippen LogP contribution in [0, 0.1) is 20.0 Å². The van der Waals surface area contributed by atoms with E-state index in [4.69, 9.17) is 4.74 Å². The molecule has 4 aromatic rings. The van der Waals surface area contributed by atoms with Crippen molar-refractivity contribution in [2.45, 2.75) is 20.3 Å². The number of hydrogen-bond donors (Lipinski definition) is 0. The van der Waals surface area contributed by atoms with Crippen molar-refractivity contribution in [1.82, 2.24) is 9.25 Å². The maximum Gasteiger partial charge on any atom is 0.361 e. The van der Waals surface area contributed by atoms with Crippen LogP contribution in [0.3, 0.4) is 0 Å². The van der Waals surface area contributed by atoms with Gasteiger partial charge in [-0.1, -0.05) is 12.1 Å². The molecule has 0 saturated carbocycles. The Hall–Kier alpha value is -3.76. The number of morpholine rings is 1. The van der Waals surface area contributed by atoms with Gasteiger partial charge in [0.2, 0.25) is 0 Å². The first-order valence-electron chi connectivity index (χ1n) is 11.9. The molecule has 0 bridgehead atoms. The van der Waals surface area contributed by atoms with E-state index in [0.717, 1.165) is 60.0 Å². The number of benzene rings is 2. The average molecular weight is 455 g/mol. The molecule has 0 atom stereocenters. The van der Waals surface area contributed by atoms with Crippen LogP contribution < -0.4 is 20.5 Å². The van der Waals surface area contributed by atoms with E-state index in [0.29, 0.717) is 18.6 Å². The van der Waals surface area contributed by atoms with Crippen molar-refractivity contribution in [2.75, 3.05) is 49.2 Å². The van der Waals surface area contributed by atoms with Crippen molar-refractivity contribution in [3.8, 4) is 11.4 Å². The first-order valence-corrected chi connectivity index (χ1v) is 11.9. The summed E-state index contributed by atoms with van der Waals surface area (Å²) in [5, 5.41) is 5.90. The summed E-state index contributed by atoms with van der Waals surface area (Å²) in [6.45, 7) is 9.35. The second-order valence-electron chi connectivity index (χ2n) is 9.06. The number of nitrogens with zero attached hydrogens (tertiary/aromatic N) is 5. The lowest BCUT2D eigenvalue weighted by molar-refractivity contribution is -0.406. The van der Waals surface area contributed by atoms with Crippen molar-refractivity contribution in [1.29, 1.82) is 0 Å². The lowest BCUT2D eigenvalue weighted by atomic mass is 10.1. The normalized spacial score (nSPS) is 15.9. The van der Waals surface area contributed by atoms with Crippen molar-refractivity contribution < 1.29 is 9.84 Å². The van der Waals surface area contributed by atoms with Crippen molar-refractivity contribution in [3.63, 3.8) is 0 Å². The lowest BCUT2D eigenvalue weighted by Gasteiger charge is -2.33. The average Bonchev–Trinajstić information content (AvgIpc) is 3.09. The van der Waals surface area contributed by atoms with Gasteiger partial charge < -0.3 is 19.1 Å². The quantitative estimate of drug-likeness (QED) is 0.475. The molecule has 6 rings (SSSR count). The fourth-order valence-corrected chi connectivity index (χ4v) is 5.10. The predicted octanol–water partition coefficient (Wildman–Crippen LogP) is 2.85. The zero-order valence-electron chi connectivity index (χ0n) is 19.6. The number of rotatable bonds is 4. The van der Waals surface area contributed by atoms with E-state index >= 15 is 0 Å². The fraction of sp³-hybridized carbons (Fsp3) is 0.333. The van der Waals surface area contributed by atoms with Crippen LogP contribution in [0.1, 0.15) is 17.8 Å². The molecule has 34 heavy (non-hydrogen) atoms. The van der Waals surface area contributed by atoms with Crippen LogP contribution in [-0.4, -0.2) is 48.6 Å². The first kappa shape index (κ1) is 20.8. The summed E-state index contributed by atoms with van der Waals surface area (Å²) < 4.78 is 9.10. The monoisotopic (exact) mass is 454 g/mol. The van der Waals surface area contributed by atoms with Crippen LogP contribution in [0.5, 0.6) is 0 Å². The van der Waals surface area contributed by atoms with Crippen LogP contribution in [0.25, 0.3) is 22.1 Å². The number of aryl methyl sites for hydroxylation is 2. The Morgan fingerprint density at radius 1 is 0.824 bits per heavy atom. The van der Waals surface area contributed by atoms with Crippen LogP contribution in [0.15, 0.2) is 53.3 Å². The molecule has 2 saturated heterocycles. The van der Waals surface area contributed by atoms with E-state index in [1.807, 2.05) is 32.0 Å². The zero-order chi connectivity index (χ0) is 23.2. The van der Waals surface area contributed by atoms with E-state index in [-0.39, 0.29) is 5.56 Å². The van der Waals surface area contributed by atoms with Gasteiger partial charge in [0.1, 0.15) is 16.2 Å². The molecule has 2 aromatic carbocycles. The number of aromatic nitrogens is 3. The zero-order valence-corrected chi connectivity index (χ0v) is 19.6. The molecule has 7 nitrogen and oxygen atoms in total. The third-order valence-corrected chi connectivity index (χ3v) is 7.07. The molecule has 2 aromatic heterocycles. The predicted molar refractivity (Wildman–Crippen MR) is 133 cm³/mol. The smallest absolute Gasteiger partial charge is 0.361 e. The lowest BCUT2D eigenvalue weighted by Crippen LogP contribution is -2.36. The van der Waals surface area contributed by atoms with Gasteiger partial charge in [-0.05, 0) is 56.7 Å². The fourth-order valence-electron chi connectivity index (χ4n) is 5.10. The standard InChI is InChI=1S/C27H28N5O2/c1-19-25-18-28-32(24-9-4-7-22(17-24)30-12-14-34-15-13-30)27(33)26(25)20(2)31(19)23-8-3-6-21(16-23)29-10-5-11-29/h3-4,6-9,16-17H,5,10-15H2,1-2H3/q+1. The molecule has 2 aliphatic rings. The summed E-state index contributed by atoms with van der Waals surface area (Å²) in [4.78, 5) is 18.3. The molecule has 0 unspecified atom stereocenters. The molecule has 0 N–H and O–H groups in total. The number of hydrogen-bond acceptors (Lipinski definition) is 4. The highest BCUT2D eigenvalue weighted by atomic mass is 16.5. The second kappa shape index (κ2) is 8.23. The maximum absolute atomic E-state index is 13.7. The summed E-state index contributed by atoms with van der Waals surface area (Å²) >= 11 is 0. The molecule has 0 spiro atoms. The van der Waals surface area contributed by atoms with E-state index < -0.39 is 0 Å². The van der Waals surface area contributed by atoms with Gasteiger partial charge in [-0.25, -0.2) is 0 Å². The van der Waals surface area contributed by atoms with Crippen LogP contribution in [0.2, 0.25) is 0 Å². The van der Waals surface area contributed by atoms with E-state index in [9.17, 15) is 4.79 Å². The van der Waals surface area contributed by atoms with Gasteiger partial charge in [-0.2, -0.15) is 0 Å². The minimum atomic E-state index is -0.119. The Labute approximate surface area is 198 Å². The van der Waals surface area contributed by atoms with Gasteiger partial charge in [0.05, 0.1) is 18.6 Å². The van der Waals surface area contributed by atoms with E-state index in [1.54, 1.807) is 0 Å². The van der Waals surface area contributed by atoms with Gasteiger partial charge in [0.15, 0.2) is 0 Å². The van der Waals surface area contributed by atoms with Crippen LogP contribution >= 0.6 is 0 Å². The van der Waals surface area contributed by atoms with Gasteiger partial charge in [0, 0.05) is 59.3 Å². The van der Waals surface area contributed by atoms with Crippen molar-refractivity contribution >= 4 is 22.1 Å². The van der Waals surface area contributed by atoms with Gasteiger partial charge in [0.25, 0.3) is 0 Å². The Morgan fingerprint density at radius 3 is 2.12 bits per heavy atom. The topological polar surface area (TPSA) is 56.7 Å². The molecule has 2 fully saturated rings. The third-order valence-electron chi connectivity index (χ3n) is 7.07. The van der Waals surface area contributed by atoms with Gasteiger partial charge >= 0.3 is 11.8 Å². The molecule has 172 valence electrons. The molecule has 7 heteroatoms. The molecular weight excluding hydrogens is 426 g/mol. The summed E-state index contributed by atoms with van der Waals surface area (Å²) in [7, 11) is 0. The van der Waals surface area contributed by atoms with Gasteiger partial charge in [-0.3, -0.25) is 4.79 Å². The first-order chi connectivity index (χ1) is 16.6. The van der Waals surface area contributed by atoms with Crippen molar-refractivity contribution in [3.05, 3.63) is 76.5 Å². The number of fused-ring (bicyclic) bond motifs is 1. The SMILES string of the molecule is Cc1c2c#[n+]n(-c3cccc(N4CCOCC4)c3)c(=O)c2c(C)n1-c1cccc(N2CCC2)c1. The third kappa shape index (κ3) is 3.34. The summed E-state index contributed by atoms with van der Waals surface area (Å²) in [6, 6.07) is 16.5. The van der Waals surface area contributed by atoms with E-state index in [1.165, 1.54) is 16.8 Å². The minimum Gasteiger partial charge on any atom is -0.378 e. The maximum atomic E-state index is 13.7. The Kier molecular flexibility index (Phi) is 5.04. The summed E-state index contributed by atoms with van der Waals surface area (Å²) in [5.41, 5.74) is 5.87. The Balaban J connectivity index is 1.45. The highest BCUT2D eigenvalue weighted by Crippen LogP contribution is 2.29. The summed E-state index contributed by atoms with van der Waals surface area (Å²) in [5.74, 6) is 0. The number of anilines is 2. The molecular formula is C27H28N5O2+. The highest BCUT2D eigenvalue weighted by Gasteiger charge is 2.24. The van der Waals surface area contributed by atoms with Crippen LogP contribution in [-0.2, 0) is 4.74 Å². The summed E-state index contributed by atoms with van der Waals surface area (Å²) in [6.07, 6.45) is 4.40. The largest absolute Gasteiger partial charge is 0.378 e. The highest BCUT2D eigenvalue weighted by molar-refractivity contribution is 5.87. The van der Waals surface area contributed by atoms with Crippen LogP contribution in [0.4, 0.5) is 11.4 Å². The van der Waals surface area contributed by atoms with Gasteiger partial charge in [-0.15, -0.1) is 0 Å². The Bertz CT molecular complexity index is 1430. The number of ether oxygens (including phenoxy) is 1. The van der Waals surface area contributed by atoms with E-state index in [2.05, 4.69) is 56.0 Å². The molecule has 0 aliphatic carbocycles. The molecule has 0 amide bonds. The van der Waals surface area contributed by atoms with Crippen molar-refractivity contribution in [2.24, 2.45) is 0 Å². The molecule has 0 radical (unpaired) electrons. The molecule has 4 heterocycles. The Morgan fingerprint density at radius 2 is 1.44 bits per heavy atom. The second-order valence-corrected chi connectivity index (χ2v) is 9.06. The molecule has 2 aliphatic heterocycles. The minimum absolute atomic E-state index is 0.119.